The van der Waals surface area contributed by atoms with Crippen LogP contribution < -0.4 is 15.4 Å². The van der Waals surface area contributed by atoms with Gasteiger partial charge in [-0.2, -0.15) is 0 Å². The lowest BCUT2D eigenvalue weighted by molar-refractivity contribution is 0.0995. The summed E-state index contributed by atoms with van der Waals surface area (Å²) in [5, 5.41) is 0. The molecule has 0 atom stereocenters. The number of primary amides is 1. The topological polar surface area (TPSA) is 81.3 Å². The Morgan fingerprint density at radius 3 is 2.52 bits per heavy atom. The number of carbonyl (C=O) groups excluding carboxylic acids is 1. The van der Waals surface area contributed by atoms with Crippen molar-refractivity contribution in [3.05, 3.63) is 35.8 Å². The molecule has 0 bridgehead atoms. The highest BCUT2D eigenvalue weighted by molar-refractivity contribution is 5.92. The average Bonchev–Trinajstić information content (AvgIpc) is 2.55. The van der Waals surface area contributed by atoms with E-state index >= 15 is 0 Å². The summed E-state index contributed by atoms with van der Waals surface area (Å²) in [5.41, 5.74) is 6.25. The van der Waals surface area contributed by atoms with E-state index in [4.69, 9.17) is 10.5 Å². The van der Waals surface area contributed by atoms with Crippen LogP contribution in [0.5, 0.6) is 5.75 Å². The van der Waals surface area contributed by atoms with Gasteiger partial charge in [0.2, 0.25) is 5.95 Å². The third-order valence-electron chi connectivity index (χ3n) is 3.45. The molecule has 2 aromatic rings. The zero-order valence-corrected chi connectivity index (χ0v) is 13.3. The first-order chi connectivity index (χ1) is 11.0. The molecule has 7 heteroatoms. The van der Waals surface area contributed by atoms with Gasteiger partial charge in [0.05, 0.1) is 12.8 Å². The molecule has 0 aliphatic carbocycles. The summed E-state index contributed by atoms with van der Waals surface area (Å²) in [5.74, 6) is -0.277. The highest BCUT2D eigenvalue weighted by Crippen LogP contribution is 2.30. The van der Waals surface area contributed by atoms with E-state index in [9.17, 15) is 9.18 Å². The predicted molar refractivity (Wildman–Crippen MR) is 86.1 cm³/mol. The van der Waals surface area contributed by atoms with Gasteiger partial charge < -0.3 is 15.4 Å². The fourth-order valence-corrected chi connectivity index (χ4v) is 2.23. The number of amides is 1. The highest BCUT2D eigenvalue weighted by atomic mass is 19.1. The number of halogens is 1. The first kappa shape index (κ1) is 16.7. The van der Waals surface area contributed by atoms with Crippen molar-refractivity contribution in [2.24, 2.45) is 5.73 Å². The molecule has 0 spiro atoms. The Morgan fingerprint density at radius 2 is 1.96 bits per heavy atom. The van der Waals surface area contributed by atoms with Gasteiger partial charge in [-0.25, -0.2) is 14.4 Å². The molecule has 23 heavy (non-hydrogen) atoms. The standard InChI is InChI=1S/C16H19FN4O2/c1-4-21(5-2)16-19-12(9-13(20-16)15(18)22)11-8-10(17)6-7-14(11)23-3/h6-9H,4-5H2,1-3H3,(H2,18,22). The number of benzene rings is 1. The van der Waals surface area contributed by atoms with Gasteiger partial charge in [-0.05, 0) is 38.1 Å². The van der Waals surface area contributed by atoms with E-state index in [2.05, 4.69) is 9.97 Å². The number of nitrogens with two attached hydrogens (primary N) is 1. The Balaban J connectivity index is 2.66. The zero-order valence-electron chi connectivity index (χ0n) is 13.3. The number of anilines is 1. The van der Waals surface area contributed by atoms with Crippen LogP contribution in [0.4, 0.5) is 10.3 Å². The van der Waals surface area contributed by atoms with Crippen LogP contribution >= 0.6 is 0 Å². The van der Waals surface area contributed by atoms with E-state index < -0.39 is 11.7 Å². The van der Waals surface area contributed by atoms with Crippen molar-refractivity contribution in [1.82, 2.24) is 9.97 Å². The van der Waals surface area contributed by atoms with Gasteiger partial charge in [0, 0.05) is 18.7 Å². The molecule has 2 rings (SSSR count). The Kier molecular flexibility index (Phi) is 5.10. The van der Waals surface area contributed by atoms with Crippen molar-refractivity contribution in [2.45, 2.75) is 13.8 Å². The van der Waals surface area contributed by atoms with Crippen molar-refractivity contribution < 1.29 is 13.9 Å². The molecule has 0 saturated carbocycles. The molecule has 1 aromatic heterocycles. The van der Waals surface area contributed by atoms with Crippen LogP contribution in [0.1, 0.15) is 24.3 Å². The van der Waals surface area contributed by atoms with Crippen molar-refractivity contribution in [3.63, 3.8) is 0 Å². The highest BCUT2D eigenvalue weighted by Gasteiger charge is 2.16. The Hall–Kier alpha value is -2.70. The van der Waals surface area contributed by atoms with Gasteiger partial charge in [-0.1, -0.05) is 0 Å². The van der Waals surface area contributed by atoms with Crippen LogP contribution in [0.3, 0.4) is 0 Å². The van der Waals surface area contributed by atoms with Crippen LogP contribution in [0.2, 0.25) is 0 Å². The minimum absolute atomic E-state index is 0.0724. The lowest BCUT2D eigenvalue weighted by Crippen LogP contribution is -2.26. The second-order valence-corrected chi connectivity index (χ2v) is 4.82. The van der Waals surface area contributed by atoms with Crippen LogP contribution in [0, 0.1) is 5.82 Å². The smallest absolute Gasteiger partial charge is 0.267 e. The SMILES string of the molecule is CCN(CC)c1nc(C(N)=O)cc(-c2cc(F)ccc2OC)n1. The molecule has 0 fully saturated rings. The van der Waals surface area contributed by atoms with Gasteiger partial charge >= 0.3 is 0 Å². The number of hydrogen-bond donors (Lipinski definition) is 1. The maximum absolute atomic E-state index is 13.6. The van der Waals surface area contributed by atoms with Crippen LogP contribution in [0.15, 0.2) is 24.3 Å². The summed E-state index contributed by atoms with van der Waals surface area (Å²) < 4.78 is 18.9. The minimum atomic E-state index is -0.669. The van der Waals surface area contributed by atoms with Crippen LogP contribution in [-0.4, -0.2) is 36.1 Å². The second kappa shape index (κ2) is 7.04. The summed E-state index contributed by atoms with van der Waals surface area (Å²) >= 11 is 0. The lowest BCUT2D eigenvalue weighted by Gasteiger charge is -2.20. The third kappa shape index (κ3) is 3.56. The fourth-order valence-electron chi connectivity index (χ4n) is 2.23. The molecule has 0 unspecified atom stereocenters. The molecular weight excluding hydrogens is 299 g/mol. The van der Waals surface area contributed by atoms with Crippen molar-refractivity contribution >= 4 is 11.9 Å². The van der Waals surface area contributed by atoms with E-state index in [0.29, 0.717) is 36.0 Å². The maximum Gasteiger partial charge on any atom is 0.267 e. The van der Waals surface area contributed by atoms with Gasteiger partial charge in [-0.15, -0.1) is 0 Å². The molecule has 0 radical (unpaired) electrons. The average molecular weight is 318 g/mol. The van der Waals surface area contributed by atoms with E-state index in [1.807, 2.05) is 18.7 Å². The molecule has 1 heterocycles. The molecule has 6 nitrogen and oxygen atoms in total. The van der Waals surface area contributed by atoms with E-state index in [1.165, 1.54) is 31.4 Å². The summed E-state index contributed by atoms with van der Waals surface area (Å²) in [6.45, 7) is 5.23. The number of aromatic nitrogens is 2. The molecule has 0 aliphatic rings. The largest absolute Gasteiger partial charge is 0.496 e. The molecule has 0 saturated heterocycles. The predicted octanol–water partition coefficient (Wildman–Crippen LogP) is 2.24. The number of hydrogen-bond acceptors (Lipinski definition) is 5. The van der Waals surface area contributed by atoms with Gasteiger partial charge in [-0.3, -0.25) is 4.79 Å². The molecular formula is C16H19FN4O2. The first-order valence-corrected chi connectivity index (χ1v) is 7.27. The summed E-state index contributed by atoms with van der Waals surface area (Å²) in [6.07, 6.45) is 0. The van der Waals surface area contributed by atoms with E-state index in [0.717, 1.165) is 0 Å². The Morgan fingerprint density at radius 1 is 1.26 bits per heavy atom. The normalized spacial score (nSPS) is 10.4. The Labute approximate surface area is 134 Å². The molecule has 1 amide bonds. The van der Waals surface area contributed by atoms with E-state index in [-0.39, 0.29) is 5.69 Å². The molecule has 1 aromatic carbocycles. The number of carbonyl (C=O) groups is 1. The number of rotatable bonds is 6. The van der Waals surface area contributed by atoms with Gasteiger partial charge in [0.1, 0.15) is 17.3 Å². The second-order valence-electron chi connectivity index (χ2n) is 4.82. The van der Waals surface area contributed by atoms with Crippen LogP contribution in [-0.2, 0) is 0 Å². The number of methoxy groups -OCH3 is 1. The van der Waals surface area contributed by atoms with Crippen LogP contribution in [0.25, 0.3) is 11.3 Å². The Bertz CT molecular complexity index is 717. The lowest BCUT2D eigenvalue weighted by atomic mass is 10.1. The van der Waals surface area contributed by atoms with Crippen molar-refractivity contribution in [3.8, 4) is 17.0 Å². The maximum atomic E-state index is 13.6. The van der Waals surface area contributed by atoms with Gasteiger partial charge in [0.15, 0.2) is 0 Å². The summed E-state index contributed by atoms with van der Waals surface area (Å²) in [6, 6.07) is 5.54. The minimum Gasteiger partial charge on any atom is -0.496 e. The van der Waals surface area contributed by atoms with Gasteiger partial charge in [0.25, 0.3) is 5.91 Å². The monoisotopic (exact) mass is 318 g/mol. The quantitative estimate of drug-likeness (QED) is 0.883. The van der Waals surface area contributed by atoms with Crippen molar-refractivity contribution in [1.29, 1.82) is 0 Å². The molecule has 2 N–H and O–H groups in total. The van der Waals surface area contributed by atoms with E-state index in [1.54, 1.807) is 0 Å². The number of ether oxygens (including phenoxy) is 1. The molecule has 122 valence electrons. The third-order valence-corrected chi connectivity index (χ3v) is 3.45. The molecule has 0 aliphatic heterocycles. The first-order valence-electron chi connectivity index (χ1n) is 7.27. The van der Waals surface area contributed by atoms with Crippen molar-refractivity contribution in [2.75, 3.05) is 25.1 Å². The summed E-state index contributed by atoms with van der Waals surface area (Å²) in [4.78, 5) is 22.1. The fraction of sp³-hybridized carbons (Fsp3) is 0.312. The zero-order chi connectivity index (χ0) is 17.0. The number of nitrogens with zero attached hydrogens (tertiary/aromatic N) is 3. The summed E-state index contributed by atoms with van der Waals surface area (Å²) in [7, 11) is 1.48.